The van der Waals surface area contributed by atoms with E-state index in [0.29, 0.717) is 41.9 Å². The molecule has 0 radical (unpaired) electrons. The Morgan fingerprint density at radius 2 is 2.21 bits per heavy atom. The minimum absolute atomic E-state index is 0.0169. The average molecular weight is 430 g/mol. The number of sulfonamides is 1. The number of carbonyl (C=O) groups is 1. The van der Waals surface area contributed by atoms with Crippen molar-refractivity contribution < 1.29 is 17.6 Å². The van der Waals surface area contributed by atoms with Crippen LogP contribution in [0.15, 0.2) is 18.3 Å². The number of aromatic nitrogens is 3. The van der Waals surface area contributed by atoms with Crippen LogP contribution in [0.5, 0.6) is 0 Å². The maximum absolute atomic E-state index is 13.1. The molecule has 11 heteroatoms. The van der Waals surface area contributed by atoms with Crippen LogP contribution >= 0.6 is 11.6 Å². The molecule has 0 bridgehead atoms. The van der Waals surface area contributed by atoms with Crippen molar-refractivity contribution in [3.05, 3.63) is 35.0 Å². The maximum Gasteiger partial charge on any atom is 0.218 e. The number of rotatable bonds is 6. The first-order chi connectivity index (χ1) is 13.2. The summed E-state index contributed by atoms with van der Waals surface area (Å²) in [6.07, 6.45) is 1.45. The number of H-pyrrole nitrogens is 1. The molecule has 8 nitrogen and oxygen atoms in total. The fourth-order valence-corrected chi connectivity index (χ4v) is 5.23. The number of pyridine rings is 1. The number of nitrogens with one attached hydrogen (secondary N) is 1. The number of nitrogens with zero attached hydrogens (tertiary/aromatic N) is 3. The predicted molar refractivity (Wildman–Crippen MR) is 102 cm³/mol. The molecule has 0 unspecified atom stereocenters. The lowest BCUT2D eigenvalue weighted by Crippen LogP contribution is -2.43. The van der Waals surface area contributed by atoms with Gasteiger partial charge in [0.1, 0.15) is 11.5 Å². The summed E-state index contributed by atoms with van der Waals surface area (Å²) >= 11 is 6.31. The van der Waals surface area contributed by atoms with Crippen molar-refractivity contribution in [1.82, 2.24) is 19.3 Å². The Morgan fingerprint density at radius 1 is 1.46 bits per heavy atom. The third-order valence-corrected chi connectivity index (χ3v) is 7.02. The van der Waals surface area contributed by atoms with Gasteiger partial charge in [-0.2, -0.15) is 0 Å². The van der Waals surface area contributed by atoms with Gasteiger partial charge in [-0.3, -0.25) is 4.79 Å². The summed E-state index contributed by atoms with van der Waals surface area (Å²) in [5, 5.41) is 0.294. The Kier molecular flexibility index (Phi) is 6.01. The molecule has 2 aromatic rings. The lowest BCUT2D eigenvalue weighted by atomic mass is 9.86. The molecule has 0 aromatic carbocycles. The second-order valence-electron chi connectivity index (χ2n) is 6.91. The van der Waals surface area contributed by atoms with E-state index in [4.69, 9.17) is 17.3 Å². The minimum Gasteiger partial charge on any atom is -0.370 e. The van der Waals surface area contributed by atoms with Gasteiger partial charge >= 0.3 is 0 Å². The first kappa shape index (κ1) is 20.7. The fourth-order valence-electron chi connectivity index (χ4n) is 3.40. The van der Waals surface area contributed by atoms with Crippen molar-refractivity contribution in [1.29, 1.82) is 0 Å². The van der Waals surface area contributed by atoms with Crippen molar-refractivity contribution in [2.45, 2.75) is 25.7 Å². The van der Waals surface area contributed by atoms with Crippen LogP contribution in [0.1, 0.15) is 31.4 Å². The smallest absolute Gasteiger partial charge is 0.218 e. The summed E-state index contributed by atoms with van der Waals surface area (Å²) in [7, 11) is -3.54. The van der Waals surface area contributed by atoms with Gasteiger partial charge in [0, 0.05) is 25.4 Å². The van der Waals surface area contributed by atoms with Crippen LogP contribution < -0.4 is 5.73 Å². The Morgan fingerprint density at radius 3 is 2.82 bits per heavy atom. The van der Waals surface area contributed by atoms with E-state index < -0.39 is 21.7 Å². The number of piperidine rings is 1. The number of amides is 1. The van der Waals surface area contributed by atoms with Gasteiger partial charge in [-0.05, 0) is 24.5 Å². The SMILES string of the molecule is C[C@@H]1CN(S(=O)(=O)CCC(N)=O)CC[C@@H]1c1[nH]c(-c2ccc(F)cn2)nc1Cl. The molecule has 28 heavy (non-hydrogen) atoms. The van der Waals surface area contributed by atoms with Gasteiger partial charge in [0.2, 0.25) is 15.9 Å². The molecular weight excluding hydrogens is 409 g/mol. The van der Waals surface area contributed by atoms with Crippen molar-refractivity contribution >= 4 is 27.5 Å². The summed E-state index contributed by atoms with van der Waals surface area (Å²) in [5.74, 6) is -0.979. The summed E-state index contributed by atoms with van der Waals surface area (Å²) in [4.78, 5) is 22.3. The standard InChI is InChI=1S/C17H21ClFN5O3S/c1-10-9-24(28(26,27)7-5-14(20)25)6-4-12(10)15-16(18)23-17(22-15)13-3-2-11(19)8-21-13/h2-3,8,10,12H,4-7,9H2,1H3,(H2,20,25)(H,22,23)/t10-,12+/m1/s1. The van der Waals surface area contributed by atoms with E-state index in [1.165, 1.54) is 16.4 Å². The quantitative estimate of drug-likeness (QED) is 0.726. The van der Waals surface area contributed by atoms with Crippen molar-refractivity contribution in [2.24, 2.45) is 11.7 Å². The fraction of sp³-hybridized carbons (Fsp3) is 0.471. The van der Waals surface area contributed by atoms with E-state index in [1.54, 1.807) is 0 Å². The van der Waals surface area contributed by atoms with Crippen molar-refractivity contribution in [2.75, 3.05) is 18.8 Å². The Balaban J connectivity index is 1.74. The predicted octanol–water partition coefficient (Wildman–Crippen LogP) is 1.89. The number of hydrogen-bond donors (Lipinski definition) is 2. The zero-order valence-electron chi connectivity index (χ0n) is 15.2. The average Bonchev–Trinajstić information content (AvgIpc) is 3.02. The zero-order valence-corrected chi connectivity index (χ0v) is 16.8. The number of primary amides is 1. The molecule has 2 aromatic heterocycles. The van der Waals surface area contributed by atoms with Crippen LogP contribution in [-0.2, 0) is 14.8 Å². The highest BCUT2D eigenvalue weighted by molar-refractivity contribution is 7.89. The van der Waals surface area contributed by atoms with Gasteiger partial charge in [-0.1, -0.05) is 18.5 Å². The van der Waals surface area contributed by atoms with Gasteiger partial charge in [0.05, 0.1) is 17.6 Å². The summed E-state index contributed by atoms with van der Waals surface area (Å²) in [6.45, 7) is 2.56. The Bertz CT molecular complexity index is 964. The van der Waals surface area contributed by atoms with Crippen LogP contribution in [0.4, 0.5) is 4.39 Å². The molecule has 3 rings (SSSR count). The summed E-state index contributed by atoms with van der Waals surface area (Å²) in [5.41, 5.74) is 6.24. The molecular formula is C17H21ClFN5O3S. The third kappa shape index (κ3) is 4.50. The molecule has 0 spiro atoms. The molecule has 1 amide bonds. The monoisotopic (exact) mass is 429 g/mol. The second-order valence-corrected chi connectivity index (χ2v) is 9.36. The molecule has 3 heterocycles. The Labute approximate surface area is 167 Å². The molecule has 152 valence electrons. The molecule has 1 aliphatic heterocycles. The van der Waals surface area contributed by atoms with Gasteiger partial charge in [0.15, 0.2) is 11.0 Å². The normalized spacial score (nSPS) is 21.0. The number of halogens is 2. The first-order valence-corrected chi connectivity index (χ1v) is 10.8. The highest BCUT2D eigenvalue weighted by Crippen LogP contribution is 2.37. The van der Waals surface area contributed by atoms with E-state index in [0.717, 1.165) is 6.20 Å². The largest absolute Gasteiger partial charge is 0.370 e. The van der Waals surface area contributed by atoms with Crippen LogP contribution in [0.2, 0.25) is 5.15 Å². The molecule has 2 atom stereocenters. The molecule has 0 saturated carbocycles. The molecule has 1 aliphatic rings. The van der Waals surface area contributed by atoms with Crippen molar-refractivity contribution in [3.63, 3.8) is 0 Å². The van der Waals surface area contributed by atoms with Crippen LogP contribution in [-0.4, -0.2) is 52.4 Å². The van der Waals surface area contributed by atoms with Gasteiger partial charge in [-0.15, -0.1) is 0 Å². The number of hydrogen-bond acceptors (Lipinski definition) is 5. The number of aromatic amines is 1. The maximum atomic E-state index is 13.1. The first-order valence-electron chi connectivity index (χ1n) is 8.81. The number of imidazole rings is 1. The lowest BCUT2D eigenvalue weighted by Gasteiger charge is -2.35. The van der Waals surface area contributed by atoms with E-state index in [9.17, 15) is 17.6 Å². The molecule has 0 aliphatic carbocycles. The van der Waals surface area contributed by atoms with E-state index >= 15 is 0 Å². The van der Waals surface area contributed by atoms with Crippen LogP contribution in [0.25, 0.3) is 11.5 Å². The van der Waals surface area contributed by atoms with Gasteiger partial charge in [-0.25, -0.2) is 27.1 Å². The minimum atomic E-state index is -3.54. The van der Waals surface area contributed by atoms with Crippen molar-refractivity contribution in [3.8, 4) is 11.5 Å². The molecule has 3 N–H and O–H groups in total. The van der Waals surface area contributed by atoms with Crippen LogP contribution in [0.3, 0.4) is 0 Å². The van der Waals surface area contributed by atoms with E-state index in [2.05, 4.69) is 15.0 Å². The molecule has 1 saturated heterocycles. The van der Waals surface area contributed by atoms with Gasteiger partial charge < -0.3 is 10.7 Å². The second kappa shape index (κ2) is 8.14. The summed E-state index contributed by atoms with van der Waals surface area (Å²) < 4.78 is 39.2. The topological polar surface area (TPSA) is 122 Å². The van der Waals surface area contributed by atoms with Gasteiger partial charge in [0.25, 0.3) is 0 Å². The van der Waals surface area contributed by atoms with Crippen LogP contribution in [0, 0.1) is 11.7 Å². The number of carbonyl (C=O) groups excluding carboxylic acids is 1. The highest BCUT2D eigenvalue weighted by atomic mass is 35.5. The van der Waals surface area contributed by atoms with E-state index in [1.807, 2.05) is 6.92 Å². The lowest BCUT2D eigenvalue weighted by molar-refractivity contribution is -0.117. The zero-order chi connectivity index (χ0) is 20.5. The number of nitrogens with two attached hydrogens (primary N) is 1. The van der Waals surface area contributed by atoms with E-state index in [-0.39, 0.29) is 24.0 Å². The third-order valence-electron chi connectivity index (χ3n) is 4.89. The highest BCUT2D eigenvalue weighted by Gasteiger charge is 2.35. The Hall–Kier alpha value is -2.04. The molecule has 1 fully saturated rings. The summed E-state index contributed by atoms with van der Waals surface area (Å²) in [6, 6.07) is 2.79.